The third kappa shape index (κ3) is 4.07. The van der Waals surface area contributed by atoms with Crippen LogP contribution in [0.3, 0.4) is 0 Å². The van der Waals surface area contributed by atoms with Gasteiger partial charge in [0.25, 0.3) is 0 Å². The van der Waals surface area contributed by atoms with Crippen molar-refractivity contribution in [2.24, 2.45) is 0 Å². The highest BCUT2D eigenvalue weighted by Crippen LogP contribution is 2.28. The van der Waals surface area contributed by atoms with E-state index in [1.165, 1.54) is 23.1 Å². The zero-order valence-corrected chi connectivity index (χ0v) is 12.9. The Morgan fingerprint density at radius 2 is 2.26 bits per heavy atom. The number of carbonyl (C=O) groups excluding carboxylic acids is 1. The van der Waals surface area contributed by atoms with Gasteiger partial charge in [-0.15, -0.1) is 10.2 Å². The molecule has 0 aliphatic heterocycles. The molecule has 1 aromatic heterocycles. The molecule has 0 aliphatic rings. The fourth-order valence-electron chi connectivity index (χ4n) is 1.24. The van der Waals surface area contributed by atoms with E-state index in [4.69, 9.17) is 23.2 Å². The van der Waals surface area contributed by atoms with Gasteiger partial charge in [0, 0.05) is 5.02 Å². The Balaban J connectivity index is 2.00. The molecule has 0 aliphatic carbocycles. The average molecular weight is 334 g/mol. The van der Waals surface area contributed by atoms with E-state index in [0.717, 1.165) is 4.34 Å². The van der Waals surface area contributed by atoms with E-state index in [2.05, 4.69) is 15.5 Å². The van der Waals surface area contributed by atoms with Crippen LogP contribution in [0.4, 0.5) is 5.69 Å². The van der Waals surface area contributed by atoms with E-state index >= 15 is 0 Å². The molecule has 4 nitrogen and oxygen atoms in total. The summed E-state index contributed by atoms with van der Waals surface area (Å²) in [5, 5.41) is 11.0. The molecule has 19 heavy (non-hydrogen) atoms. The third-order valence-electron chi connectivity index (χ3n) is 2.18. The van der Waals surface area contributed by atoms with E-state index in [0.29, 0.717) is 15.7 Å². The molecule has 0 saturated carbocycles. The average Bonchev–Trinajstić information content (AvgIpc) is 2.85. The van der Waals surface area contributed by atoms with Crippen LogP contribution in [0.25, 0.3) is 0 Å². The molecule has 0 unspecified atom stereocenters. The largest absolute Gasteiger partial charge is 0.324 e. The molecule has 1 heterocycles. The number of nitrogens with zero attached hydrogens (tertiary/aromatic N) is 2. The number of anilines is 1. The standard InChI is InChI=1S/C11H9Cl2N3OS2/c1-6(19-11-16-14-5-18-11)10(17)15-9-3-2-7(12)4-8(9)13/h2-6H,1H3,(H,15,17)/t6-/m1/s1. The lowest BCUT2D eigenvalue weighted by molar-refractivity contribution is -0.115. The lowest BCUT2D eigenvalue weighted by atomic mass is 10.3. The van der Waals surface area contributed by atoms with Crippen molar-refractivity contribution in [3.05, 3.63) is 33.8 Å². The first-order chi connectivity index (χ1) is 9.06. The van der Waals surface area contributed by atoms with Gasteiger partial charge >= 0.3 is 0 Å². The molecule has 1 aromatic carbocycles. The molecule has 2 aromatic rings. The Morgan fingerprint density at radius 1 is 1.47 bits per heavy atom. The van der Waals surface area contributed by atoms with E-state index in [1.54, 1.807) is 30.6 Å². The van der Waals surface area contributed by atoms with Crippen molar-refractivity contribution in [3.63, 3.8) is 0 Å². The number of carbonyl (C=O) groups is 1. The topological polar surface area (TPSA) is 54.9 Å². The van der Waals surface area contributed by atoms with Crippen LogP contribution in [0.2, 0.25) is 10.0 Å². The first-order valence-electron chi connectivity index (χ1n) is 5.25. The minimum atomic E-state index is -0.292. The SMILES string of the molecule is C[C@@H](Sc1nncs1)C(=O)Nc1ccc(Cl)cc1Cl. The highest BCUT2D eigenvalue weighted by molar-refractivity contribution is 8.02. The number of amides is 1. The number of hydrogen-bond donors (Lipinski definition) is 1. The summed E-state index contributed by atoms with van der Waals surface area (Å²) in [6, 6.07) is 4.93. The number of thioether (sulfide) groups is 1. The molecule has 1 atom stereocenters. The maximum atomic E-state index is 12.0. The van der Waals surface area contributed by atoms with Crippen LogP contribution in [0.15, 0.2) is 28.0 Å². The lowest BCUT2D eigenvalue weighted by Crippen LogP contribution is -2.22. The molecule has 1 N–H and O–H groups in total. The minimum Gasteiger partial charge on any atom is -0.324 e. The second-order valence-electron chi connectivity index (χ2n) is 3.58. The van der Waals surface area contributed by atoms with Crippen LogP contribution < -0.4 is 5.32 Å². The maximum absolute atomic E-state index is 12.0. The predicted octanol–water partition coefficient (Wildman–Crippen LogP) is 3.96. The molecule has 0 saturated heterocycles. The molecule has 2 rings (SSSR count). The van der Waals surface area contributed by atoms with Crippen LogP contribution in [0.5, 0.6) is 0 Å². The van der Waals surface area contributed by atoms with Crippen LogP contribution >= 0.6 is 46.3 Å². The van der Waals surface area contributed by atoms with Crippen LogP contribution in [-0.4, -0.2) is 21.4 Å². The molecule has 0 radical (unpaired) electrons. The monoisotopic (exact) mass is 333 g/mol. The number of halogens is 2. The summed E-state index contributed by atoms with van der Waals surface area (Å²) in [4.78, 5) is 12.0. The van der Waals surface area contributed by atoms with Crippen LogP contribution in [0.1, 0.15) is 6.92 Å². The van der Waals surface area contributed by atoms with E-state index < -0.39 is 0 Å². The van der Waals surface area contributed by atoms with E-state index in [9.17, 15) is 4.79 Å². The normalized spacial score (nSPS) is 12.2. The Bertz CT molecular complexity index is 577. The Hall–Kier alpha value is -0.820. The van der Waals surface area contributed by atoms with Gasteiger partial charge < -0.3 is 5.32 Å². The van der Waals surface area contributed by atoms with Gasteiger partial charge in [-0.05, 0) is 25.1 Å². The van der Waals surface area contributed by atoms with Gasteiger partial charge in [-0.2, -0.15) is 0 Å². The molecule has 1 amide bonds. The third-order valence-corrected chi connectivity index (χ3v) is 4.63. The van der Waals surface area contributed by atoms with Crippen molar-refractivity contribution in [1.29, 1.82) is 0 Å². The number of aromatic nitrogens is 2. The van der Waals surface area contributed by atoms with Gasteiger partial charge in [0.15, 0.2) is 4.34 Å². The van der Waals surface area contributed by atoms with Gasteiger partial charge in [-0.1, -0.05) is 46.3 Å². The number of rotatable bonds is 4. The van der Waals surface area contributed by atoms with Gasteiger partial charge in [0.05, 0.1) is 16.0 Å². The van der Waals surface area contributed by atoms with E-state index in [-0.39, 0.29) is 11.2 Å². The van der Waals surface area contributed by atoms with E-state index in [1.807, 2.05) is 0 Å². The zero-order chi connectivity index (χ0) is 13.8. The van der Waals surface area contributed by atoms with Gasteiger partial charge in [0.1, 0.15) is 5.51 Å². The fraction of sp³-hybridized carbons (Fsp3) is 0.182. The smallest absolute Gasteiger partial charge is 0.237 e. The predicted molar refractivity (Wildman–Crippen MR) is 80.3 cm³/mol. The summed E-state index contributed by atoms with van der Waals surface area (Å²) < 4.78 is 0.754. The van der Waals surface area contributed by atoms with Gasteiger partial charge in [-0.25, -0.2) is 0 Å². The highest BCUT2D eigenvalue weighted by atomic mass is 35.5. The Kier molecular flexibility index (Phi) is 5.04. The molecular weight excluding hydrogens is 325 g/mol. The maximum Gasteiger partial charge on any atom is 0.237 e. The van der Waals surface area contributed by atoms with Crippen molar-refractivity contribution in [3.8, 4) is 0 Å². The quantitative estimate of drug-likeness (QED) is 0.860. The molecule has 0 fully saturated rings. The summed E-state index contributed by atoms with van der Waals surface area (Å²) in [6.07, 6.45) is 0. The Labute approximate surface area is 128 Å². The van der Waals surface area contributed by atoms with Crippen LogP contribution in [0, 0.1) is 0 Å². The fourth-order valence-corrected chi connectivity index (χ4v) is 3.33. The Morgan fingerprint density at radius 3 is 2.89 bits per heavy atom. The van der Waals surface area contributed by atoms with Crippen molar-refractivity contribution in [1.82, 2.24) is 10.2 Å². The first kappa shape index (κ1) is 14.6. The first-order valence-corrected chi connectivity index (χ1v) is 7.76. The summed E-state index contributed by atoms with van der Waals surface area (Å²) in [5.74, 6) is -0.149. The second kappa shape index (κ2) is 6.56. The summed E-state index contributed by atoms with van der Waals surface area (Å²) in [5.41, 5.74) is 2.17. The van der Waals surface area contributed by atoms with Crippen LogP contribution in [-0.2, 0) is 4.79 Å². The van der Waals surface area contributed by atoms with Crippen molar-refractivity contribution in [2.45, 2.75) is 16.5 Å². The number of benzene rings is 1. The molecule has 0 spiro atoms. The van der Waals surface area contributed by atoms with Crippen molar-refractivity contribution in [2.75, 3.05) is 5.32 Å². The summed E-state index contributed by atoms with van der Waals surface area (Å²) in [6.45, 7) is 1.80. The molecule has 0 bridgehead atoms. The summed E-state index contributed by atoms with van der Waals surface area (Å²) >= 11 is 14.5. The molecular formula is C11H9Cl2N3OS2. The number of hydrogen-bond acceptors (Lipinski definition) is 5. The van der Waals surface area contributed by atoms with Gasteiger partial charge in [-0.3, -0.25) is 4.79 Å². The zero-order valence-electron chi connectivity index (χ0n) is 9.76. The second-order valence-corrected chi connectivity index (χ2v) is 6.84. The molecule has 100 valence electrons. The molecule has 8 heteroatoms. The van der Waals surface area contributed by atoms with Crippen molar-refractivity contribution >= 4 is 57.9 Å². The lowest BCUT2D eigenvalue weighted by Gasteiger charge is -2.11. The number of nitrogens with one attached hydrogen (secondary N) is 1. The minimum absolute atomic E-state index is 0.149. The highest BCUT2D eigenvalue weighted by Gasteiger charge is 2.17. The van der Waals surface area contributed by atoms with Crippen molar-refractivity contribution < 1.29 is 4.79 Å². The summed E-state index contributed by atoms with van der Waals surface area (Å²) in [7, 11) is 0. The van der Waals surface area contributed by atoms with Gasteiger partial charge in [0.2, 0.25) is 5.91 Å².